The first kappa shape index (κ1) is 17.8. The summed E-state index contributed by atoms with van der Waals surface area (Å²) in [5.41, 5.74) is 0.525. The Hall–Kier alpha value is -1.99. The van der Waals surface area contributed by atoms with Crippen molar-refractivity contribution >= 4 is 11.8 Å². The van der Waals surface area contributed by atoms with Crippen molar-refractivity contribution in [1.82, 2.24) is 20.0 Å². The van der Waals surface area contributed by atoms with E-state index in [0.717, 1.165) is 12.8 Å². The van der Waals surface area contributed by atoms with Gasteiger partial charge in [0, 0.05) is 51.6 Å². The minimum atomic E-state index is -2.69. The highest BCUT2D eigenvalue weighted by molar-refractivity contribution is 5.93. The van der Waals surface area contributed by atoms with Gasteiger partial charge in [-0.15, -0.1) is 0 Å². The van der Waals surface area contributed by atoms with Crippen LogP contribution in [0.2, 0.25) is 0 Å². The molecule has 138 valence electrons. The number of rotatable bonds is 4. The molecule has 3 rings (SSSR count). The molecular formula is C17H24F2N4O2. The molecule has 0 aromatic carbocycles. The minimum Gasteiger partial charge on any atom is -0.352 e. The third-order valence-corrected chi connectivity index (χ3v) is 5.20. The van der Waals surface area contributed by atoms with Crippen molar-refractivity contribution < 1.29 is 18.4 Å². The van der Waals surface area contributed by atoms with Crippen molar-refractivity contribution in [3.8, 4) is 0 Å². The van der Waals surface area contributed by atoms with Gasteiger partial charge in [-0.1, -0.05) is 0 Å². The van der Waals surface area contributed by atoms with Crippen LogP contribution >= 0.6 is 0 Å². The zero-order valence-corrected chi connectivity index (χ0v) is 14.4. The number of hydrogen-bond donors (Lipinski definition) is 1. The van der Waals surface area contributed by atoms with Gasteiger partial charge < -0.3 is 10.2 Å². The predicted molar refractivity (Wildman–Crippen MR) is 87.1 cm³/mol. The number of carbonyl (C=O) groups excluding carboxylic acids is 2. The maximum absolute atomic E-state index is 13.3. The minimum absolute atomic E-state index is 0.130. The number of nitrogens with one attached hydrogen (secondary N) is 1. The first-order chi connectivity index (χ1) is 11.8. The smallest absolute Gasteiger partial charge is 0.254 e. The van der Waals surface area contributed by atoms with Crippen molar-refractivity contribution in [2.75, 3.05) is 19.6 Å². The molecule has 25 heavy (non-hydrogen) atoms. The molecule has 0 spiro atoms. The Morgan fingerprint density at radius 2 is 2.04 bits per heavy atom. The van der Waals surface area contributed by atoms with Crippen LogP contribution in [0.25, 0.3) is 0 Å². The van der Waals surface area contributed by atoms with Gasteiger partial charge in [-0.3, -0.25) is 14.3 Å². The highest BCUT2D eigenvalue weighted by Crippen LogP contribution is 2.40. The van der Waals surface area contributed by atoms with Crippen LogP contribution in [0.15, 0.2) is 12.4 Å². The Kier molecular flexibility index (Phi) is 5.06. The largest absolute Gasteiger partial charge is 0.352 e. The van der Waals surface area contributed by atoms with Crippen LogP contribution in [0.4, 0.5) is 8.78 Å². The fourth-order valence-corrected chi connectivity index (χ4v) is 3.65. The normalized spacial score (nSPS) is 23.6. The van der Waals surface area contributed by atoms with Gasteiger partial charge in [0.2, 0.25) is 11.8 Å². The highest BCUT2D eigenvalue weighted by Gasteiger charge is 2.44. The van der Waals surface area contributed by atoms with Gasteiger partial charge in [0.1, 0.15) is 0 Å². The number of nitrogens with zero attached hydrogens (tertiary/aromatic N) is 3. The summed E-state index contributed by atoms with van der Waals surface area (Å²) in [4.78, 5) is 26.1. The van der Waals surface area contributed by atoms with Crippen LogP contribution in [-0.4, -0.2) is 52.1 Å². The lowest BCUT2D eigenvalue weighted by atomic mass is 9.95. The molecule has 1 aromatic heterocycles. The van der Waals surface area contributed by atoms with Gasteiger partial charge in [-0.25, -0.2) is 8.78 Å². The van der Waals surface area contributed by atoms with E-state index in [-0.39, 0.29) is 31.1 Å². The summed E-state index contributed by atoms with van der Waals surface area (Å²) >= 11 is 0. The van der Waals surface area contributed by atoms with E-state index in [1.807, 2.05) is 0 Å². The second-order valence-corrected chi connectivity index (χ2v) is 7.18. The SMILES string of the molecule is Cn1cc(C(=O)NCC2CCN(C(=O)C3CCC(F)(F)C3)CC2)cn1. The number of aromatic nitrogens is 2. The van der Waals surface area contributed by atoms with E-state index >= 15 is 0 Å². The molecule has 0 bridgehead atoms. The van der Waals surface area contributed by atoms with Crippen LogP contribution in [0.3, 0.4) is 0 Å². The lowest BCUT2D eigenvalue weighted by molar-refractivity contribution is -0.137. The lowest BCUT2D eigenvalue weighted by Crippen LogP contribution is -2.43. The topological polar surface area (TPSA) is 67.2 Å². The Balaban J connectivity index is 1.41. The predicted octanol–water partition coefficient (Wildman–Crippen LogP) is 1.82. The first-order valence-corrected chi connectivity index (χ1v) is 8.77. The molecule has 1 saturated heterocycles. The molecule has 1 aliphatic carbocycles. The molecule has 1 unspecified atom stereocenters. The van der Waals surface area contributed by atoms with E-state index in [2.05, 4.69) is 10.4 Å². The summed E-state index contributed by atoms with van der Waals surface area (Å²) < 4.78 is 28.1. The zero-order valence-electron chi connectivity index (χ0n) is 14.4. The van der Waals surface area contributed by atoms with Crippen LogP contribution in [0, 0.1) is 11.8 Å². The highest BCUT2D eigenvalue weighted by atomic mass is 19.3. The van der Waals surface area contributed by atoms with Crippen LogP contribution in [0.5, 0.6) is 0 Å². The fourth-order valence-electron chi connectivity index (χ4n) is 3.65. The summed E-state index contributed by atoms with van der Waals surface area (Å²) in [5, 5.41) is 6.87. The number of piperidine rings is 1. The number of alkyl halides is 2. The zero-order chi connectivity index (χ0) is 18.0. The van der Waals surface area contributed by atoms with Crippen LogP contribution < -0.4 is 5.32 Å². The van der Waals surface area contributed by atoms with Gasteiger partial charge in [0.25, 0.3) is 5.91 Å². The van der Waals surface area contributed by atoms with E-state index in [0.29, 0.717) is 31.1 Å². The van der Waals surface area contributed by atoms with E-state index in [1.54, 1.807) is 22.8 Å². The molecule has 8 heteroatoms. The van der Waals surface area contributed by atoms with E-state index < -0.39 is 11.8 Å². The molecule has 2 fully saturated rings. The van der Waals surface area contributed by atoms with Gasteiger partial charge in [0.15, 0.2) is 0 Å². The van der Waals surface area contributed by atoms with Crippen molar-refractivity contribution in [3.05, 3.63) is 18.0 Å². The van der Waals surface area contributed by atoms with Gasteiger partial charge in [-0.2, -0.15) is 5.10 Å². The Labute approximate surface area is 145 Å². The number of amides is 2. The molecule has 1 saturated carbocycles. The summed E-state index contributed by atoms with van der Waals surface area (Å²) in [6, 6.07) is 0. The molecule has 1 atom stereocenters. The lowest BCUT2D eigenvalue weighted by Gasteiger charge is -2.33. The maximum atomic E-state index is 13.3. The van der Waals surface area contributed by atoms with E-state index in [4.69, 9.17) is 0 Å². The number of carbonyl (C=O) groups is 2. The third kappa shape index (κ3) is 4.35. The maximum Gasteiger partial charge on any atom is 0.254 e. The molecule has 1 aliphatic heterocycles. The van der Waals surface area contributed by atoms with E-state index in [9.17, 15) is 18.4 Å². The molecule has 2 amide bonds. The Morgan fingerprint density at radius 3 is 2.60 bits per heavy atom. The molecule has 2 aliphatic rings. The second-order valence-electron chi connectivity index (χ2n) is 7.18. The fraction of sp³-hybridized carbons (Fsp3) is 0.706. The van der Waals surface area contributed by atoms with Crippen molar-refractivity contribution in [2.24, 2.45) is 18.9 Å². The Bertz CT molecular complexity index is 638. The molecule has 6 nitrogen and oxygen atoms in total. The number of hydrogen-bond acceptors (Lipinski definition) is 3. The average molecular weight is 354 g/mol. The second kappa shape index (κ2) is 7.09. The van der Waals surface area contributed by atoms with Gasteiger partial charge in [0.05, 0.1) is 11.8 Å². The summed E-state index contributed by atoms with van der Waals surface area (Å²) in [6.45, 7) is 1.71. The van der Waals surface area contributed by atoms with Crippen molar-refractivity contribution in [1.29, 1.82) is 0 Å². The molecule has 0 radical (unpaired) electrons. The van der Waals surface area contributed by atoms with Crippen LogP contribution in [-0.2, 0) is 11.8 Å². The van der Waals surface area contributed by atoms with Crippen molar-refractivity contribution in [2.45, 2.75) is 38.0 Å². The summed E-state index contributed by atoms with van der Waals surface area (Å²) in [5.74, 6) is -3.20. The quantitative estimate of drug-likeness (QED) is 0.897. The number of likely N-dealkylation sites (tertiary alicyclic amines) is 1. The molecule has 2 heterocycles. The van der Waals surface area contributed by atoms with Gasteiger partial charge in [-0.05, 0) is 25.2 Å². The summed E-state index contributed by atoms with van der Waals surface area (Å²) in [6.07, 6.45) is 4.53. The molecule has 1 aromatic rings. The summed E-state index contributed by atoms with van der Waals surface area (Å²) in [7, 11) is 1.75. The number of halogens is 2. The Morgan fingerprint density at radius 1 is 1.32 bits per heavy atom. The monoisotopic (exact) mass is 354 g/mol. The first-order valence-electron chi connectivity index (χ1n) is 8.77. The average Bonchev–Trinajstić information content (AvgIpc) is 3.18. The molecule has 1 N–H and O–H groups in total. The van der Waals surface area contributed by atoms with Gasteiger partial charge >= 0.3 is 0 Å². The number of aryl methyl sites for hydroxylation is 1. The van der Waals surface area contributed by atoms with Crippen LogP contribution in [0.1, 0.15) is 42.5 Å². The standard InChI is InChI=1S/C17H24F2N4O2/c1-22-11-14(10-21-22)15(24)20-9-12-3-6-23(7-4-12)16(25)13-2-5-17(18,19)8-13/h10-13H,2-9H2,1H3,(H,20,24). The van der Waals surface area contributed by atoms with E-state index in [1.165, 1.54) is 6.20 Å². The van der Waals surface area contributed by atoms with Crippen molar-refractivity contribution in [3.63, 3.8) is 0 Å². The third-order valence-electron chi connectivity index (χ3n) is 5.20. The molecular weight excluding hydrogens is 330 g/mol.